The van der Waals surface area contributed by atoms with Crippen molar-refractivity contribution in [2.24, 2.45) is 5.92 Å². The van der Waals surface area contributed by atoms with Crippen LogP contribution < -0.4 is 5.32 Å². The molecule has 2 heterocycles. The Bertz CT molecular complexity index is 873. The molecule has 2 aliphatic rings. The molecule has 0 bridgehead atoms. The third-order valence-corrected chi connectivity index (χ3v) is 5.71. The van der Waals surface area contributed by atoms with Crippen LogP contribution in [0.25, 0.3) is 6.08 Å². The molecule has 3 unspecified atom stereocenters. The second-order valence-corrected chi connectivity index (χ2v) is 8.35. The van der Waals surface area contributed by atoms with Gasteiger partial charge in [0.05, 0.1) is 12.7 Å². The largest absolute Gasteiger partial charge is 0.461 e. The molecule has 5 nitrogen and oxygen atoms in total. The van der Waals surface area contributed by atoms with E-state index in [0.717, 1.165) is 43.3 Å². The number of nitrogens with one attached hydrogen (secondary N) is 1. The summed E-state index contributed by atoms with van der Waals surface area (Å²) < 4.78 is 11.4. The number of furan rings is 1. The van der Waals surface area contributed by atoms with E-state index in [4.69, 9.17) is 9.15 Å². The van der Waals surface area contributed by atoms with Crippen LogP contribution in [0.15, 0.2) is 46.9 Å². The maximum atomic E-state index is 12.2. The topological polar surface area (TPSA) is 54.7 Å². The van der Waals surface area contributed by atoms with Crippen LogP contribution in [-0.4, -0.2) is 36.6 Å². The maximum absolute atomic E-state index is 12.2. The van der Waals surface area contributed by atoms with Crippen LogP contribution in [-0.2, 0) is 22.6 Å². The van der Waals surface area contributed by atoms with Gasteiger partial charge in [0, 0.05) is 38.2 Å². The van der Waals surface area contributed by atoms with Crippen molar-refractivity contribution in [2.75, 3.05) is 19.7 Å². The first-order valence-electron chi connectivity index (χ1n) is 10.5. The Balaban J connectivity index is 1.26. The van der Waals surface area contributed by atoms with Crippen molar-refractivity contribution in [1.82, 2.24) is 10.2 Å². The van der Waals surface area contributed by atoms with Crippen molar-refractivity contribution in [3.05, 3.63) is 65.1 Å². The third-order valence-electron chi connectivity index (χ3n) is 5.71. The van der Waals surface area contributed by atoms with E-state index in [9.17, 15) is 4.79 Å². The van der Waals surface area contributed by atoms with Crippen molar-refractivity contribution in [3.63, 3.8) is 0 Å². The SMILES string of the molecule is CC1CN(Cc2cccc(CNC(=O)/C=C/c3ccc(C4CC4C)o3)c2)CCO1. The number of hydrogen-bond acceptors (Lipinski definition) is 4. The minimum Gasteiger partial charge on any atom is -0.461 e. The smallest absolute Gasteiger partial charge is 0.244 e. The fourth-order valence-electron chi connectivity index (χ4n) is 3.91. The molecule has 0 radical (unpaired) electrons. The van der Waals surface area contributed by atoms with E-state index in [2.05, 4.69) is 42.3 Å². The Morgan fingerprint density at radius 3 is 2.86 bits per heavy atom. The molecule has 1 N–H and O–H groups in total. The summed E-state index contributed by atoms with van der Waals surface area (Å²) in [5.74, 6) is 2.91. The number of rotatable bonds is 7. The highest BCUT2D eigenvalue weighted by molar-refractivity contribution is 5.91. The summed E-state index contributed by atoms with van der Waals surface area (Å²) in [7, 11) is 0. The Kier molecular flexibility index (Phi) is 6.16. The molecule has 1 aliphatic heterocycles. The van der Waals surface area contributed by atoms with Gasteiger partial charge in [0.25, 0.3) is 0 Å². The molecule has 1 saturated heterocycles. The Morgan fingerprint density at radius 1 is 1.24 bits per heavy atom. The van der Waals surface area contributed by atoms with E-state index in [1.807, 2.05) is 18.2 Å². The summed E-state index contributed by atoms with van der Waals surface area (Å²) in [6.07, 6.45) is 4.76. The highest BCUT2D eigenvalue weighted by atomic mass is 16.5. The lowest BCUT2D eigenvalue weighted by Gasteiger charge is -2.31. The predicted molar refractivity (Wildman–Crippen MR) is 113 cm³/mol. The first-order chi connectivity index (χ1) is 14.1. The van der Waals surface area contributed by atoms with Crippen LogP contribution in [0, 0.1) is 5.92 Å². The number of hydrogen-bond donors (Lipinski definition) is 1. The number of amides is 1. The summed E-state index contributed by atoms with van der Waals surface area (Å²) >= 11 is 0. The molecule has 2 aromatic rings. The van der Waals surface area contributed by atoms with E-state index < -0.39 is 0 Å². The normalized spacial score (nSPS) is 24.7. The number of benzene rings is 1. The van der Waals surface area contributed by atoms with Crippen molar-refractivity contribution >= 4 is 12.0 Å². The minimum atomic E-state index is -0.116. The number of morpholine rings is 1. The highest BCUT2D eigenvalue weighted by Crippen LogP contribution is 2.47. The molecule has 1 aliphatic carbocycles. The van der Waals surface area contributed by atoms with Crippen molar-refractivity contribution in [2.45, 2.75) is 45.4 Å². The minimum absolute atomic E-state index is 0.116. The van der Waals surface area contributed by atoms with Crippen molar-refractivity contribution in [1.29, 1.82) is 0 Å². The molecule has 0 spiro atoms. The molecule has 1 amide bonds. The van der Waals surface area contributed by atoms with Crippen LogP contribution >= 0.6 is 0 Å². The second kappa shape index (κ2) is 8.97. The van der Waals surface area contributed by atoms with Gasteiger partial charge in [-0.15, -0.1) is 0 Å². The summed E-state index contributed by atoms with van der Waals surface area (Å²) in [5.41, 5.74) is 2.37. The molecule has 1 aromatic carbocycles. The summed E-state index contributed by atoms with van der Waals surface area (Å²) in [5, 5.41) is 2.96. The van der Waals surface area contributed by atoms with E-state index >= 15 is 0 Å². The van der Waals surface area contributed by atoms with Crippen LogP contribution in [0.1, 0.15) is 48.8 Å². The van der Waals surface area contributed by atoms with Gasteiger partial charge in [-0.2, -0.15) is 0 Å². The standard InChI is InChI=1S/C24H30N2O3/c1-17-12-22(17)23-8-6-21(29-23)7-9-24(27)25-14-19-4-3-5-20(13-19)16-26-10-11-28-18(2)15-26/h3-9,13,17-18,22H,10-12,14-16H2,1-2H3,(H,25,27)/b9-7+. The van der Waals surface area contributed by atoms with Gasteiger partial charge in [-0.3, -0.25) is 9.69 Å². The van der Waals surface area contributed by atoms with Gasteiger partial charge in [-0.25, -0.2) is 0 Å². The molecule has 2 fully saturated rings. The quantitative estimate of drug-likeness (QED) is 0.723. The lowest BCUT2D eigenvalue weighted by molar-refractivity contribution is -0.116. The zero-order chi connectivity index (χ0) is 20.2. The fourth-order valence-corrected chi connectivity index (χ4v) is 3.91. The lowest BCUT2D eigenvalue weighted by atomic mass is 10.1. The molecule has 5 heteroatoms. The van der Waals surface area contributed by atoms with Gasteiger partial charge in [-0.1, -0.05) is 31.2 Å². The molecular formula is C24H30N2O3. The number of ether oxygens (including phenoxy) is 1. The maximum Gasteiger partial charge on any atom is 0.244 e. The molecule has 154 valence electrons. The van der Waals surface area contributed by atoms with E-state index in [-0.39, 0.29) is 12.0 Å². The summed E-state index contributed by atoms with van der Waals surface area (Å²) in [6.45, 7) is 8.48. The Hall–Kier alpha value is -2.37. The summed E-state index contributed by atoms with van der Waals surface area (Å²) in [6, 6.07) is 12.4. The molecule has 1 saturated carbocycles. The van der Waals surface area contributed by atoms with Crippen LogP contribution in [0.4, 0.5) is 0 Å². The average molecular weight is 395 g/mol. The van der Waals surface area contributed by atoms with Gasteiger partial charge in [0.15, 0.2) is 0 Å². The molecule has 4 rings (SSSR count). The zero-order valence-corrected chi connectivity index (χ0v) is 17.3. The van der Waals surface area contributed by atoms with Crippen LogP contribution in [0.3, 0.4) is 0 Å². The number of nitrogens with zero attached hydrogens (tertiary/aromatic N) is 1. The van der Waals surface area contributed by atoms with Gasteiger partial charge in [0.2, 0.25) is 5.91 Å². The fraction of sp³-hybridized carbons (Fsp3) is 0.458. The van der Waals surface area contributed by atoms with Crippen LogP contribution in [0.2, 0.25) is 0 Å². The highest BCUT2D eigenvalue weighted by Gasteiger charge is 2.36. The first-order valence-corrected chi connectivity index (χ1v) is 10.5. The van der Waals surface area contributed by atoms with Gasteiger partial charge < -0.3 is 14.5 Å². The van der Waals surface area contributed by atoms with Gasteiger partial charge >= 0.3 is 0 Å². The van der Waals surface area contributed by atoms with Crippen LogP contribution in [0.5, 0.6) is 0 Å². The molecule has 3 atom stereocenters. The molecule has 1 aromatic heterocycles. The summed E-state index contributed by atoms with van der Waals surface area (Å²) in [4.78, 5) is 14.6. The zero-order valence-electron chi connectivity index (χ0n) is 17.3. The van der Waals surface area contributed by atoms with E-state index in [1.165, 1.54) is 18.1 Å². The van der Waals surface area contributed by atoms with Gasteiger partial charge in [-0.05, 0) is 48.6 Å². The molecule has 29 heavy (non-hydrogen) atoms. The average Bonchev–Trinajstić information content (AvgIpc) is 3.24. The number of carbonyl (C=O) groups excluding carboxylic acids is 1. The Labute approximate surface area is 172 Å². The lowest BCUT2D eigenvalue weighted by Crippen LogP contribution is -2.40. The second-order valence-electron chi connectivity index (χ2n) is 8.35. The predicted octanol–water partition coefficient (Wildman–Crippen LogP) is 3.95. The monoisotopic (exact) mass is 394 g/mol. The third kappa shape index (κ3) is 5.58. The van der Waals surface area contributed by atoms with Gasteiger partial charge in [0.1, 0.15) is 11.5 Å². The van der Waals surface area contributed by atoms with Crippen molar-refractivity contribution < 1.29 is 13.9 Å². The number of carbonyl (C=O) groups is 1. The van der Waals surface area contributed by atoms with Crippen molar-refractivity contribution in [3.8, 4) is 0 Å². The van der Waals surface area contributed by atoms with E-state index in [1.54, 1.807) is 6.08 Å². The Morgan fingerprint density at radius 2 is 2.07 bits per heavy atom. The first kappa shape index (κ1) is 19.9. The molecular weight excluding hydrogens is 364 g/mol. The van der Waals surface area contributed by atoms with E-state index in [0.29, 0.717) is 18.4 Å².